The van der Waals surface area contributed by atoms with E-state index >= 15 is 0 Å². The first kappa shape index (κ1) is 19.9. The van der Waals surface area contributed by atoms with Crippen molar-refractivity contribution in [2.24, 2.45) is 0 Å². The zero-order chi connectivity index (χ0) is 19.6. The Morgan fingerprint density at radius 2 is 1.81 bits per heavy atom. The van der Waals surface area contributed by atoms with Gasteiger partial charge in [0, 0.05) is 13.1 Å². The Kier molecular flexibility index (Phi) is 5.89. The maximum Gasteiger partial charge on any atom is 0.253 e. The molecule has 2 aromatic carbocycles. The van der Waals surface area contributed by atoms with Gasteiger partial charge in [-0.15, -0.1) is 0 Å². The van der Waals surface area contributed by atoms with Crippen LogP contribution in [0.5, 0.6) is 0 Å². The maximum absolute atomic E-state index is 12.8. The summed E-state index contributed by atoms with van der Waals surface area (Å²) in [7, 11) is -3.60. The number of benzene rings is 2. The molecule has 0 spiro atoms. The average Bonchev–Trinajstić information content (AvgIpc) is 3.17. The fourth-order valence-electron chi connectivity index (χ4n) is 3.34. The molecule has 1 heterocycles. The van der Waals surface area contributed by atoms with Crippen molar-refractivity contribution < 1.29 is 13.2 Å². The second-order valence-electron chi connectivity index (χ2n) is 6.80. The molecule has 0 saturated carbocycles. The van der Waals surface area contributed by atoms with Crippen molar-refractivity contribution in [3.05, 3.63) is 64.2 Å². The number of amides is 1. The van der Waals surface area contributed by atoms with Crippen LogP contribution in [0.3, 0.4) is 0 Å². The number of carbonyl (C=O) groups excluding carboxylic acids is 1. The molecule has 1 unspecified atom stereocenters. The van der Waals surface area contributed by atoms with Gasteiger partial charge >= 0.3 is 0 Å². The number of sulfonamides is 1. The van der Waals surface area contributed by atoms with E-state index in [9.17, 15) is 13.2 Å². The molecule has 0 aliphatic carbocycles. The normalized spacial score (nSPS) is 16.3. The summed E-state index contributed by atoms with van der Waals surface area (Å²) in [5, 5.41) is 3.14. The minimum absolute atomic E-state index is 0.0995. The molecule has 5 nitrogen and oxygen atoms in total. The van der Waals surface area contributed by atoms with E-state index in [4.69, 9.17) is 11.6 Å². The first-order chi connectivity index (χ1) is 12.8. The highest BCUT2D eigenvalue weighted by Crippen LogP contribution is 2.26. The monoisotopic (exact) mass is 406 g/mol. The van der Waals surface area contributed by atoms with Gasteiger partial charge in [0.1, 0.15) is 0 Å². The molecule has 0 bridgehead atoms. The van der Waals surface area contributed by atoms with E-state index < -0.39 is 15.9 Å². The van der Waals surface area contributed by atoms with Gasteiger partial charge in [-0.05, 0) is 56.0 Å². The summed E-state index contributed by atoms with van der Waals surface area (Å²) in [6.45, 7) is 4.89. The maximum atomic E-state index is 12.8. The Morgan fingerprint density at radius 1 is 1.15 bits per heavy atom. The Morgan fingerprint density at radius 3 is 2.48 bits per heavy atom. The zero-order valence-electron chi connectivity index (χ0n) is 15.4. The van der Waals surface area contributed by atoms with Crippen molar-refractivity contribution in [1.82, 2.24) is 9.62 Å². The highest BCUT2D eigenvalue weighted by Gasteiger charge is 2.28. The van der Waals surface area contributed by atoms with Crippen LogP contribution < -0.4 is 5.32 Å². The van der Waals surface area contributed by atoms with Crippen molar-refractivity contribution in [2.45, 2.75) is 37.6 Å². The first-order valence-electron chi connectivity index (χ1n) is 8.97. The van der Waals surface area contributed by atoms with Crippen molar-refractivity contribution in [3.8, 4) is 0 Å². The van der Waals surface area contributed by atoms with Crippen LogP contribution in [0.15, 0.2) is 47.4 Å². The van der Waals surface area contributed by atoms with Gasteiger partial charge in [-0.1, -0.05) is 35.9 Å². The van der Waals surface area contributed by atoms with Crippen LogP contribution in [-0.2, 0) is 10.0 Å². The van der Waals surface area contributed by atoms with Gasteiger partial charge in [-0.25, -0.2) is 8.42 Å². The molecule has 1 fully saturated rings. The summed E-state index contributed by atoms with van der Waals surface area (Å²) >= 11 is 6.19. The SMILES string of the molecule is Cc1ccccc1C(C)NC(=O)c1cc(S(=O)(=O)N2CCCC2)ccc1Cl. The summed E-state index contributed by atoms with van der Waals surface area (Å²) in [5.74, 6) is -0.394. The summed E-state index contributed by atoms with van der Waals surface area (Å²) in [6, 6.07) is 11.9. The predicted octanol–water partition coefficient (Wildman–Crippen LogP) is 3.92. The van der Waals surface area contributed by atoms with Crippen LogP contribution in [0.2, 0.25) is 5.02 Å². The van der Waals surface area contributed by atoms with E-state index in [0.29, 0.717) is 13.1 Å². The Hall–Kier alpha value is -1.89. The number of aryl methyl sites for hydroxylation is 1. The largest absolute Gasteiger partial charge is 0.345 e. The van der Waals surface area contributed by atoms with Crippen molar-refractivity contribution >= 4 is 27.5 Å². The molecule has 0 aromatic heterocycles. The van der Waals surface area contributed by atoms with Gasteiger partial charge in [-0.2, -0.15) is 4.31 Å². The Balaban J connectivity index is 1.86. The van der Waals surface area contributed by atoms with Crippen LogP contribution in [0.4, 0.5) is 0 Å². The van der Waals surface area contributed by atoms with Crippen molar-refractivity contribution in [2.75, 3.05) is 13.1 Å². The number of carbonyl (C=O) groups is 1. The lowest BCUT2D eigenvalue weighted by Gasteiger charge is -2.19. The lowest BCUT2D eigenvalue weighted by molar-refractivity contribution is 0.0939. The van der Waals surface area contributed by atoms with Gasteiger partial charge in [0.25, 0.3) is 5.91 Å². The molecular formula is C20H23ClN2O3S. The highest BCUT2D eigenvalue weighted by molar-refractivity contribution is 7.89. The third kappa shape index (κ3) is 4.18. The van der Waals surface area contributed by atoms with Crippen LogP contribution in [0.25, 0.3) is 0 Å². The fraction of sp³-hybridized carbons (Fsp3) is 0.350. The Bertz CT molecular complexity index is 953. The molecule has 2 aromatic rings. The lowest BCUT2D eigenvalue weighted by atomic mass is 10.0. The third-order valence-electron chi connectivity index (χ3n) is 4.89. The molecule has 1 aliphatic heterocycles. The van der Waals surface area contributed by atoms with E-state index in [0.717, 1.165) is 24.0 Å². The van der Waals surface area contributed by atoms with Crippen molar-refractivity contribution in [3.63, 3.8) is 0 Å². The fourth-order valence-corrected chi connectivity index (χ4v) is 5.09. The van der Waals surface area contributed by atoms with Gasteiger partial charge in [0.15, 0.2) is 0 Å². The van der Waals surface area contributed by atoms with Crippen LogP contribution in [0, 0.1) is 6.92 Å². The number of nitrogens with one attached hydrogen (secondary N) is 1. The van der Waals surface area contributed by atoms with Gasteiger partial charge in [0.05, 0.1) is 21.5 Å². The van der Waals surface area contributed by atoms with Gasteiger partial charge < -0.3 is 5.32 Å². The second kappa shape index (κ2) is 8.00. The number of rotatable bonds is 5. The van der Waals surface area contributed by atoms with Crippen LogP contribution >= 0.6 is 11.6 Å². The first-order valence-corrected chi connectivity index (χ1v) is 10.8. The molecule has 1 atom stereocenters. The molecule has 27 heavy (non-hydrogen) atoms. The van der Waals surface area contributed by atoms with Gasteiger partial charge in [0.2, 0.25) is 10.0 Å². The molecular weight excluding hydrogens is 384 g/mol. The molecule has 1 amide bonds. The molecule has 0 radical (unpaired) electrons. The lowest BCUT2D eigenvalue weighted by Crippen LogP contribution is -2.29. The van der Waals surface area contributed by atoms with E-state index in [2.05, 4.69) is 5.32 Å². The van der Waals surface area contributed by atoms with E-state index in [1.807, 2.05) is 38.1 Å². The third-order valence-corrected chi connectivity index (χ3v) is 7.11. The minimum Gasteiger partial charge on any atom is -0.345 e. The molecule has 144 valence electrons. The molecule has 1 N–H and O–H groups in total. The molecule has 1 aliphatic rings. The quantitative estimate of drug-likeness (QED) is 0.818. The predicted molar refractivity (Wildman–Crippen MR) is 107 cm³/mol. The minimum atomic E-state index is -3.60. The second-order valence-corrected chi connectivity index (χ2v) is 9.15. The number of hydrogen-bond acceptors (Lipinski definition) is 3. The number of nitrogens with zero attached hydrogens (tertiary/aromatic N) is 1. The summed E-state index contributed by atoms with van der Waals surface area (Å²) in [4.78, 5) is 12.9. The highest BCUT2D eigenvalue weighted by atomic mass is 35.5. The standard InChI is InChI=1S/C20H23ClN2O3S/c1-14-7-3-4-8-17(14)15(2)22-20(24)18-13-16(9-10-19(18)21)27(25,26)23-11-5-6-12-23/h3-4,7-10,13,15H,5-6,11-12H2,1-2H3,(H,22,24). The molecule has 1 saturated heterocycles. The zero-order valence-corrected chi connectivity index (χ0v) is 17.0. The summed E-state index contributed by atoms with van der Waals surface area (Å²) in [6.07, 6.45) is 1.71. The Labute approximate surface area is 165 Å². The number of hydrogen-bond donors (Lipinski definition) is 1. The van der Waals surface area contributed by atoms with E-state index in [1.165, 1.54) is 22.5 Å². The molecule has 3 rings (SSSR count). The van der Waals surface area contributed by atoms with Crippen LogP contribution in [0.1, 0.15) is 47.3 Å². The topological polar surface area (TPSA) is 66.5 Å². The summed E-state index contributed by atoms with van der Waals surface area (Å²) in [5.41, 5.74) is 2.24. The summed E-state index contributed by atoms with van der Waals surface area (Å²) < 4.78 is 27.0. The van der Waals surface area contributed by atoms with Gasteiger partial charge in [-0.3, -0.25) is 4.79 Å². The van der Waals surface area contributed by atoms with Crippen LogP contribution in [-0.4, -0.2) is 31.7 Å². The average molecular weight is 407 g/mol. The smallest absolute Gasteiger partial charge is 0.253 e. The van der Waals surface area contributed by atoms with Crippen molar-refractivity contribution in [1.29, 1.82) is 0 Å². The van der Waals surface area contributed by atoms with E-state index in [1.54, 1.807) is 0 Å². The molecule has 7 heteroatoms. The number of halogens is 1. The van der Waals surface area contributed by atoms with E-state index in [-0.39, 0.29) is 21.5 Å².